The first-order valence-corrected chi connectivity index (χ1v) is 6.72. The van der Waals surface area contributed by atoms with E-state index in [9.17, 15) is 4.39 Å². The Morgan fingerprint density at radius 1 is 1.32 bits per heavy atom. The lowest BCUT2D eigenvalue weighted by molar-refractivity contribution is 0.153. The molecule has 0 unspecified atom stereocenters. The number of hydrogen-bond acceptors (Lipinski definition) is 2. The van der Waals surface area contributed by atoms with E-state index in [1.165, 1.54) is 37.0 Å². The van der Waals surface area contributed by atoms with E-state index in [-0.39, 0.29) is 5.82 Å². The summed E-state index contributed by atoms with van der Waals surface area (Å²) in [5, 5.41) is 7.15. The Morgan fingerprint density at radius 2 is 2.05 bits per heavy atom. The molecule has 0 radical (unpaired) electrons. The van der Waals surface area contributed by atoms with Gasteiger partial charge in [-0.15, -0.1) is 0 Å². The molecule has 1 saturated carbocycles. The Morgan fingerprint density at radius 3 is 2.68 bits per heavy atom. The van der Waals surface area contributed by atoms with Crippen molar-refractivity contribution in [2.45, 2.75) is 31.8 Å². The lowest BCUT2D eigenvalue weighted by Crippen LogP contribution is -2.36. The first kappa shape index (κ1) is 12.4. The maximum absolute atomic E-state index is 13.0. The number of hydrogen-bond donors (Lipinski definition) is 1. The average molecular weight is 259 g/mol. The Bertz CT molecular complexity index is 543. The lowest BCUT2D eigenvalue weighted by Gasteiger charge is -2.34. The summed E-state index contributed by atoms with van der Waals surface area (Å²) in [6.07, 6.45) is 5.79. The van der Waals surface area contributed by atoms with Crippen LogP contribution in [0.5, 0.6) is 0 Å². The minimum atomic E-state index is -0.212. The average Bonchev–Trinajstić information content (AvgIpc) is 2.76. The van der Waals surface area contributed by atoms with Gasteiger partial charge in [0.25, 0.3) is 0 Å². The van der Waals surface area contributed by atoms with Crippen molar-refractivity contribution in [2.75, 3.05) is 7.05 Å². The van der Waals surface area contributed by atoms with Crippen LogP contribution in [0.15, 0.2) is 30.5 Å². The van der Waals surface area contributed by atoms with Gasteiger partial charge in [-0.05, 0) is 44.2 Å². The van der Waals surface area contributed by atoms with Crippen LogP contribution in [0, 0.1) is 5.82 Å². The van der Waals surface area contributed by atoms with Crippen molar-refractivity contribution in [3.05, 3.63) is 41.8 Å². The van der Waals surface area contributed by atoms with Crippen LogP contribution < -0.4 is 0 Å². The molecular formula is C15H18FN3. The fourth-order valence-corrected chi connectivity index (χ4v) is 2.52. The minimum absolute atomic E-state index is 0.212. The molecule has 2 aromatic rings. The number of rotatable bonds is 4. The molecule has 3 rings (SSSR count). The second-order valence-electron chi connectivity index (χ2n) is 5.28. The van der Waals surface area contributed by atoms with E-state index in [4.69, 9.17) is 0 Å². The molecule has 19 heavy (non-hydrogen) atoms. The molecule has 0 amide bonds. The summed E-state index contributed by atoms with van der Waals surface area (Å²) in [4.78, 5) is 2.38. The number of H-pyrrole nitrogens is 1. The number of aromatic amines is 1. The fourth-order valence-electron chi connectivity index (χ4n) is 2.52. The summed E-state index contributed by atoms with van der Waals surface area (Å²) in [6, 6.07) is 7.24. The maximum Gasteiger partial charge on any atom is 0.123 e. The standard InChI is InChI=1S/C15H18FN3/c1-19(14-3-2-4-14)10-12-9-17-18-15(12)11-5-7-13(16)8-6-11/h5-9,14H,2-4,10H2,1H3,(H,17,18). The van der Waals surface area contributed by atoms with Gasteiger partial charge in [-0.2, -0.15) is 5.10 Å². The van der Waals surface area contributed by atoms with E-state index in [0.29, 0.717) is 6.04 Å². The van der Waals surface area contributed by atoms with Gasteiger partial charge in [0, 0.05) is 23.7 Å². The third-order valence-corrected chi connectivity index (χ3v) is 3.97. The van der Waals surface area contributed by atoms with E-state index < -0.39 is 0 Å². The highest BCUT2D eigenvalue weighted by molar-refractivity contribution is 5.62. The third kappa shape index (κ3) is 2.54. The molecule has 1 aliphatic carbocycles. The molecular weight excluding hydrogens is 241 g/mol. The number of halogens is 1. The summed E-state index contributed by atoms with van der Waals surface area (Å²) in [6.45, 7) is 0.883. The van der Waals surface area contributed by atoms with Crippen LogP contribution in [0.4, 0.5) is 4.39 Å². The molecule has 0 bridgehead atoms. The highest BCUT2D eigenvalue weighted by Gasteiger charge is 2.23. The second kappa shape index (κ2) is 5.13. The lowest BCUT2D eigenvalue weighted by atomic mass is 9.91. The van der Waals surface area contributed by atoms with Gasteiger partial charge in [0.2, 0.25) is 0 Å². The summed E-state index contributed by atoms with van der Waals surface area (Å²) < 4.78 is 13.0. The normalized spacial score (nSPS) is 15.7. The molecule has 0 spiro atoms. The molecule has 1 N–H and O–H groups in total. The van der Waals surface area contributed by atoms with Crippen LogP contribution in [-0.4, -0.2) is 28.2 Å². The van der Waals surface area contributed by atoms with Gasteiger partial charge >= 0.3 is 0 Å². The van der Waals surface area contributed by atoms with Gasteiger partial charge < -0.3 is 0 Å². The minimum Gasteiger partial charge on any atom is -0.299 e. The van der Waals surface area contributed by atoms with E-state index in [1.54, 1.807) is 12.1 Å². The quantitative estimate of drug-likeness (QED) is 0.914. The van der Waals surface area contributed by atoms with Crippen molar-refractivity contribution >= 4 is 0 Å². The van der Waals surface area contributed by atoms with E-state index in [2.05, 4.69) is 22.1 Å². The molecule has 1 heterocycles. The first-order valence-electron chi connectivity index (χ1n) is 6.72. The predicted molar refractivity (Wildman–Crippen MR) is 73.1 cm³/mol. The van der Waals surface area contributed by atoms with Crippen LogP contribution in [0.3, 0.4) is 0 Å². The van der Waals surface area contributed by atoms with Crippen LogP contribution in [0.2, 0.25) is 0 Å². The summed E-state index contributed by atoms with van der Waals surface area (Å²) in [5.74, 6) is -0.212. The summed E-state index contributed by atoms with van der Waals surface area (Å²) in [5.41, 5.74) is 3.14. The van der Waals surface area contributed by atoms with Gasteiger partial charge in [0.1, 0.15) is 5.82 Å². The van der Waals surface area contributed by atoms with Gasteiger partial charge in [-0.1, -0.05) is 6.42 Å². The molecule has 1 aliphatic rings. The molecule has 0 atom stereocenters. The van der Waals surface area contributed by atoms with Crippen LogP contribution in [0.25, 0.3) is 11.3 Å². The molecule has 4 heteroatoms. The second-order valence-corrected chi connectivity index (χ2v) is 5.28. The smallest absolute Gasteiger partial charge is 0.123 e. The van der Waals surface area contributed by atoms with E-state index in [0.717, 1.165) is 17.8 Å². The van der Waals surface area contributed by atoms with Crippen molar-refractivity contribution < 1.29 is 4.39 Å². The zero-order valence-electron chi connectivity index (χ0n) is 11.1. The van der Waals surface area contributed by atoms with Gasteiger partial charge in [0.15, 0.2) is 0 Å². The largest absolute Gasteiger partial charge is 0.299 e. The number of benzene rings is 1. The molecule has 3 nitrogen and oxygen atoms in total. The van der Waals surface area contributed by atoms with E-state index >= 15 is 0 Å². The Hall–Kier alpha value is -1.68. The predicted octanol–water partition coefficient (Wildman–Crippen LogP) is 3.20. The van der Waals surface area contributed by atoms with Crippen molar-refractivity contribution in [1.82, 2.24) is 15.1 Å². The number of aromatic nitrogens is 2. The molecule has 0 aliphatic heterocycles. The Labute approximate surface area is 112 Å². The highest BCUT2D eigenvalue weighted by Crippen LogP contribution is 2.27. The van der Waals surface area contributed by atoms with Crippen LogP contribution >= 0.6 is 0 Å². The third-order valence-electron chi connectivity index (χ3n) is 3.97. The SMILES string of the molecule is CN(Cc1cn[nH]c1-c1ccc(F)cc1)C1CCC1. The summed E-state index contributed by atoms with van der Waals surface area (Å²) >= 11 is 0. The topological polar surface area (TPSA) is 31.9 Å². The molecule has 1 aromatic heterocycles. The summed E-state index contributed by atoms with van der Waals surface area (Å²) in [7, 11) is 2.16. The Kier molecular flexibility index (Phi) is 3.34. The molecule has 0 saturated heterocycles. The molecule has 1 fully saturated rings. The maximum atomic E-state index is 13.0. The van der Waals surface area contributed by atoms with Crippen molar-refractivity contribution in [1.29, 1.82) is 0 Å². The van der Waals surface area contributed by atoms with Crippen molar-refractivity contribution in [2.24, 2.45) is 0 Å². The number of nitrogens with one attached hydrogen (secondary N) is 1. The van der Waals surface area contributed by atoms with Crippen molar-refractivity contribution in [3.63, 3.8) is 0 Å². The molecule has 1 aromatic carbocycles. The zero-order valence-corrected chi connectivity index (χ0v) is 11.1. The first-order chi connectivity index (χ1) is 9.24. The Balaban J connectivity index is 1.79. The number of nitrogens with zero attached hydrogens (tertiary/aromatic N) is 2. The monoisotopic (exact) mass is 259 g/mol. The van der Waals surface area contributed by atoms with Gasteiger partial charge in [-0.3, -0.25) is 10.00 Å². The molecule has 100 valence electrons. The van der Waals surface area contributed by atoms with Gasteiger partial charge in [-0.25, -0.2) is 4.39 Å². The zero-order chi connectivity index (χ0) is 13.2. The van der Waals surface area contributed by atoms with Crippen LogP contribution in [0.1, 0.15) is 24.8 Å². The fraction of sp³-hybridized carbons (Fsp3) is 0.400. The highest BCUT2D eigenvalue weighted by atomic mass is 19.1. The van der Waals surface area contributed by atoms with Crippen molar-refractivity contribution in [3.8, 4) is 11.3 Å². The van der Waals surface area contributed by atoms with E-state index in [1.807, 2.05) is 6.20 Å². The van der Waals surface area contributed by atoms with Crippen LogP contribution in [-0.2, 0) is 6.54 Å². The van der Waals surface area contributed by atoms with Gasteiger partial charge in [0.05, 0.1) is 11.9 Å².